The lowest BCUT2D eigenvalue weighted by atomic mass is 10.0. The van der Waals surface area contributed by atoms with Crippen molar-refractivity contribution in [3.8, 4) is 0 Å². The Kier molecular flexibility index (Phi) is 7.86. The molecule has 2 heterocycles. The summed E-state index contributed by atoms with van der Waals surface area (Å²) in [6.07, 6.45) is 2.64. The maximum absolute atomic E-state index is 12.9. The first-order chi connectivity index (χ1) is 16.1. The van der Waals surface area contributed by atoms with Crippen molar-refractivity contribution in [1.82, 2.24) is 15.2 Å². The Labute approximate surface area is 199 Å². The van der Waals surface area contributed by atoms with Crippen LogP contribution in [0.4, 0.5) is 5.13 Å². The molecular weight excluding hydrogens is 432 g/mol. The number of hydrogen-bond donors (Lipinski definition) is 2. The number of aromatic nitrogens is 1. The van der Waals surface area contributed by atoms with Gasteiger partial charge >= 0.3 is 0 Å². The van der Waals surface area contributed by atoms with Crippen LogP contribution >= 0.6 is 11.3 Å². The third kappa shape index (κ3) is 6.73. The summed E-state index contributed by atoms with van der Waals surface area (Å²) in [5.74, 6) is 0.340. The van der Waals surface area contributed by atoms with Crippen LogP contribution in [0.1, 0.15) is 53.8 Å². The standard InChI is InChI=1S/C26H30N4O2S/c1-19-9-8-14-30(16-19)17-22-18-33-26(27-22)29-24(31)15-23(20-10-4-2-5-11-20)28-25(32)21-12-6-3-7-13-21/h2-7,10-13,18-19,23H,8-9,14-17H2,1H3,(H,28,32)(H,27,29,31). The van der Waals surface area contributed by atoms with Gasteiger partial charge in [0.25, 0.3) is 5.91 Å². The highest BCUT2D eigenvalue weighted by Crippen LogP contribution is 2.23. The van der Waals surface area contributed by atoms with Crippen molar-refractivity contribution in [2.45, 2.75) is 38.8 Å². The van der Waals surface area contributed by atoms with Crippen LogP contribution in [0, 0.1) is 5.92 Å². The van der Waals surface area contributed by atoms with E-state index in [1.54, 1.807) is 12.1 Å². The topological polar surface area (TPSA) is 74.3 Å². The number of anilines is 1. The lowest BCUT2D eigenvalue weighted by Gasteiger charge is -2.30. The lowest BCUT2D eigenvalue weighted by Crippen LogP contribution is -2.33. The molecule has 1 fully saturated rings. The first kappa shape index (κ1) is 23.1. The van der Waals surface area contributed by atoms with Crippen LogP contribution < -0.4 is 10.6 Å². The van der Waals surface area contributed by atoms with Crippen molar-refractivity contribution < 1.29 is 9.59 Å². The summed E-state index contributed by atoms with van der Waals surface area (Å²) in [4.78, 5) is 32.6. The predicted octanol–water partition coefficient (Wildman–Crippen LogP) is 4.87. The molecule has 0 radical (unpaired) electrons. The molecule has 2 aromatic carbocycles. The molecule has 0 saturated carbocycles. The number of carbonyl (C=O) groups excluding carboxylic acids is 2. The molecule has 33 heavy (non-hydrogen) atoms. The maximum Gasteiger partial charge on any atom is 0.251 e. The first-order valence-corrected chi connectivity index (χ1v) is 12.3. The molecule has 7 heteroatoms. The SMILES string of the molecule is CC1CCCN(Cc2csc(NC(=O)CC(NC(=O)c3ccccc3)c3ccccc3)n2)C1. The van der Waals surface area contributed by atoms with Crippen LogP contribution in [0.25, 0.3) is 0 Å². The van der Waals surface area contributed by atoms with Gasteiger partial charge in [-0.3, -0.25) is 14.5 Å². The predicted molar refractivity (Wildman–Crippen MR) is 132 cm³/mol. The maximum atomic E-state index is 12.9. The van der Waals surface area contributed by atoms with E-state index >= 15 is 0 Å². The zero-order valence-electron chi connectivity index (χ0n) is 18.9. The van der Waals surface area contributed by atoms with E-state index in [0.717, 1.165) is 36.8 Å². The van der Waals surface area contributed by atoms with Crippen LogP contribution in [0.3, 0.4) is 0 Å². The van der Waals surface area contributed by atoms with Gasteiger partial charge in [-0.15, -0.1) is 11.3 Å². The summed E-state index contributed by atoms with van der Waals surface area (Å²) in [6.45, 7) is 5.30. The van der Waals surface area contributed by atoms with Gasteiger partial charge in [-0.05, 0) is 43.0 Å². The molecule has 4 rings (SSSR count). The zero-order chi connectivity index (χ0) is 23.0. The highest BCUT2D eigenvalue weighted by Gasteiger charge is 2.21. The molecular formula is C26H30N4O2S. The molecule has 6 nitrogen and oxygen atoms in total. The first-order valence-electron chi connectivity index (χ1n) is 11.4. The summed E-state index contributed by atoms with van der Waals surface area (Å²) in [5, 5.41) is 8.54. The van der Waals surface area contributed by atoms with Crippen molar-refractivity contribution >= 4 is 28.3 Å². The summed E-state index contributed by atoms with van der Waals surface area (Å²) in [7, 11) is 0. The van der Waals surface area contributed by atoms with E-state index < -0.39 is 6.04 Å². The Balaban J connectivity index is 1.38. The van der Waals surface area contributed by atoms with Gasteiger partial charge < -0.3 is 10.6 Å². The monoisotopic (exact) mass is 462 g/mol. The highest BCUT2D eigenvalue weighted by atomic mass is 32.1. The second-order valence-electron chi connectivity index (χ2n) is 8.68. The number of nitrogens with one attached hydrogen (secondary N) is 2. The molecule has 1 saturated heterocycles. The van der Waals surface area contributed by atoms with Gasteiger partial charge in [-0.2, -0.15) is 0 Å². The van der Waals surface area contributed by atoms with Gasteiger partial charge in [0.15, 0.2) is 5.13 Å². The number of carbonyl (C=O) groups is 2. The van der Waals surface area contributed by atoms with Crippen LogP contribution in [-0.4, -0.2) is 34.8 Å². The fraction of sp³-hybridized carbons (Fsp3) is 0.346. The Morgan fingerprint density at radius 3 is 2.58 bits per heavy atom. The van der Waals surface area contributed by atoms with Crippen molar-refractivity contribution in [2.24, 2.45) is 5.92 Å². The fourth-order valence-corrected chi connectivity index (χ4v) is 4.94. The molecule has 1 aromatic heterocycles. The minimum Gasteiger partial charge on any atom is -0.345 e. The smallest absolute Gasteiger partial charge is 0.251 e. The minimum absolute atomic E-state index is 0.126. The van der Waals surface area contributed by atoms with Crippen molar-refractivity contribution in [1.29, 1.82) is 0 Å². The summed E-state index contributed by atoms with van der Waals surface area (Å²) in [5.41, 5.74) is 2.44. The lowest BCUT2D eigenvalue weighted by molar-refractivity contribution is -0.116. The van der Waals surface area contributed by atoms with E-state index in [2.05, 4.69) is 27.4 Å². The van der Waals surface area contributed by atoms with Crippen molar-refractivity contribution in [2.75, 3.05) is 18.4 Å². The average Bonchev–Trinajstić information content (AvgIpc) is 3.26. The van der Waals surface area contributed by atoms with Gasteiger partial charge in [-0.1, -0.05) is 55.5 Å². The summed E-state index contributed by atoms with van der Waals surface area (Å²) >= 11 is 1.44. The second-order valence-corrected chi connectivity index (χ2v) is 9.54. The van der Waals surface area contributed by atoms with Crippen molar-refractivity contribution in [3.63, 3.8) is 0 Å². The number of hydrogen-bond acceptors (Lipinski definition) is 5. The van der Waals surface area contributed by atoms with Gasteiger partial charge in [-0.25, -0.2) is 4.98 Å². The van der Waals surface area contributed by atoms with Gasteiger partial charge in [0.05, 0.1) is 18.2 Å². The Hall–Kier alpha value is -3.03. The number of likely N-dealkylation sites (tertiary alicyclic amines) is 1. The number of benzene rings is 2. The summed E-state index contributed by atoms with van der Waals surface area (Å²) in [6, 6.07) is 18.2. The normalized spacial score (nSPS) is 17.3. The third-order valence-corrected chi connectivity index (χ3v) is 6.66. The van der Waals surface area contributed by atoms with Crippen LogP contribution in [0.15, 0.2) is 66.0 Å². The molecule has 2 unspecified atom stereocenters. The van der Waals surface area contributed by atoms with E-state index in [-0.39, 0.29) is 18.2 Å². The van der Waals surface area contributed by atoms with E-state index in [0.29, 0.717) is 10.7 Å². The molecule has 0 aliphatic carbocycles. The molecule has 1 aliphatic rings. The summed E-state index contributed by atoms with van der Waals surface area (Å²) < 4.78 is 0. The molecule has 0 bridgehead atoms. The van der Waals surface area contributed by atoms with E-state index in [1.165, 1.54) is 24.2 Å². The molecule has 0 spiro atoms. The molecule has 172 valence electrons. The molecule has 2 N–H and O–H groups in total. The molecule has 3 aromatic rings. The Morgan fingerprint density at radius 2 is 1.85 bits per heavy atom. The van der Waals surface area contributed by atoms with Gasteiger partial charge in [0.1, 0.15) is 0 Å². The molecule has 1 aliphatic heterocycles. The van der Waals surface area contributed by atoms with E-state index in [1.807, 2.05) is 53.9 Å². The average molecular weight is 463 g/mol. The van der Waals surface area contributed by atoms with Crippen LogP contribution in [0.2, 0.25) is 0 Å². The number of piperidine rings is 1. The fourth-order valence-electron chi connectivity index (χ4n) is 4.22. The second kappa shape index (κ2) is 11.2. The van der Waals surface area contributed by atoms with E-state index in [9.17, 15) is 9.59 Å². The third-order valence-electron chi connectivity index (χ3n) is 5.86. The zero-order valence-corrected chi connectivity index (χ0v) is 19.7. The van der Waals surface area contributed by atoms with Crippen molar-refractivity contribution in [3.05, 3.63) is 82.9 Å². The Bertz CT molecular complexity index is 1050. The quantitative estimate of drug-likeness (QED) is 0.501. The molecule has 2 atom stereocenters. The number of thiazole rings is 1. The van der Waals surface area contributed by atoms with Gasteiger partial charge in [0.2, 0.25) is 5.91 Å². The number of nitrogens with zero attached hydrogens (tertiary/aromatic N) is 2. The molecule has 2 amide bonds. The van der Waals surface area contributed by atoms with Crippen LogP contribution in [0.5, 0.6) is 0 Å². The highest BCUT2D eigenvalue weighted by molar-refractivity contribution is 7.13. The number of rotatable bonds is 8. The van der Waals surface area contributed by atoms with Gasteiger partial charge in [0, 0.05) is 24.0 Å². The van der Waals surface area contributed by atoms with E-state index in [4.69, 9.17) is 0 Å². The van der Waals surface area contributed by atoms with Crippen LogP contribution in [-0.2, 0) is 11.3 Å². The number of amides is 2. The minimum atomic E-state index is -0.437. The largest absolute Gasteiger partial charge is 0.345 e. The Morgan fingerprint density at radius 1 is 1.12 bits per heavy atom.